The lowest BCUT2D eigenvalue weighted by Gasteiger charge is -2.16. The van der Waals surface area contributed by atoms with Crippen LogP contribution in [0.3, 0.4) is 0 Å². The lowest BCUT2D eigenvalue weighted by molar-refractivity contribution is -0.122. The normalized spacial score (nSPS) is 17.4. The van der Waals surface area contributed by atoms with Gasteiger partial charge in [0.15, 0.2) is 11.6 Å². The van der Waals surface area contributed by atoms with Crippen LogP contribution in [0.15, 0.2) is 18.2 Å². The van der Waals surface area contributed by atoms with Crippen molar-refractivity contribution in [2.75, 3.05) is 0 Å². The third-order valence-electron chi connectivity index (χ3n) is 3.77. The number of halogens is 2. The van der Waals surface area contributed by atoms with Crippen LogP contribution >= 0.6 is 0 Å². The Hall–Kier alpha value is -1.45. The quantitative estimate of drug-likeness (QED) is 0.885. The number of nitrogens with one attached hydrogen (secondary N) is 1. The second kappa shape index (κ2) is 6.13. The maximum atomic E-state index is 13.1. The predicted octanol–water partition coefficient (Wildman–Crippen LogP) is 3.72. The fraction of sp³-hybridized carbons (Fsp3) is 0.533. The van der Waals surface area contributed by atoms with Crippen molar-refractivity contribution in [3.63, 3.8) is 0 Å². The van der Waals surface area contributed by atoms with Gasteiger partial charge in [0.05, 0.1) is 6.04 Å². The highest BCUT2D eigenvalue weighted by Gasteiger charge is 2.19. The van der Waals surface area contributed by atoms with Crippen LogP contribution in [0.2, 0.25) is 0 Å². The molecule has 0 saturated heterocycles. The Kier molecular flexibility index (Phi) is 4.51. The fourth-order valence-corrected chi connectivity index (χ4v) is 2.64. The van der Waals surface area contributed by atoms with Crippen LogP contribution in [0.25, 0.3) is 0 Å². The minimum atomic E-state index is -0.880. The molecule has 2 nitrogen and oxygen atoms in total. The molecule has 1 aromatic carbocycles. The summed E-state index contributed by atoms with van der Waals surface area (Å²) in [5, 5.41) is 2.84. The van der Waals surface area contributed by atoms with Crippen LogP contribution in [-0.2, 0) is 4.79 Å². The third-order valence-corrected chi connectivity index (χ3v) is 3.77. The summed E-state index contributed by atoms with van der Waals surface area (Å²) in [6.07, 6.45) is 5.18. The summed E-state index contributed by atoms with van der Waals surface area (Å²) in [6, 6.07) is 3.42. The molecule has 0 spiro atoms. The molecule has 1 N–H and O–H groups in total. The Bertz CT molecular complexity index is 455. The Labute approximate surface area is 112 Å². The van der Waals surface area contributed by atoms with Crippen LogP contribution in [-0.4, -0.2) is 5.91 Å². The molecule has 104 valence electrons. The average Bonchev–Trinajstić information content (AvgIpc) is 2.85. The van der Waals surface area contributed by atoms with Gasteiger partial charge < -0.3 is 5.32 Å². The van der Waals surface area contributed by atoms with Crippen LogP contribution in [0.4, 0.5) is 8.78 Å². The topological polar surface area (TPSA) is 29.1 Å². The highest BCUT2D eigenvalue weighted by atomic mass is 19.2. The van der Waals surface area contributed by atoms with E-state index in [1.165, 1.54) is 18.9 Å². The summed E-state index contributed by atoms with van der Waals surface area (Å²) in [4.78, 5) is 11.9. The van der Waals surface area contributed by atoms with Crippen LogP contribution in [0.1, 0.15) is 50.6 Å². The lowest BCUT2D eigenvalue weighted by Crippen LogP contribution is -2.28. The molecule has 1 atom stereocenters. The molecule has 1 aromatic rings. The van der Waals surface area contributed by atoms with Gasteiger partial charge in [0, 0.05) is 6.42 Å². The monoisotopic (exact) mass is 267 g/mol. The van der Waals surface area contributed by atoms with Gasteiger partial charge in [-0.1, -0.05) is 18.9 Å². The van der Waals surface area contributed by atoms with Crippen molar-refractivity contribution < 1.29 is 13.6 Å². The molecule has 0 aliphatic heterocycles. The molecule has 2 rings (SSSR count). The molecule has 1 saturated carbocycles. The van der Waals surface area contributed by atoms with Crippen molar-refractivity contribution in [3.05, 3.63) is 35.4 Å². The maximum absolute atomic E-state index is 13.1. The van der Waals surface area contributed by atoms with Crippen molar-refractivity contribution >= 4 is 5.91 Å². The van der Waals surface area contributed by atoms with Gasteiger partial charge in [0.2, 0.25) is 5.91 Å². The Morgan fingerprint density at radius 1 is 1.32 bits per heavy atom. The molecule has 1 fully saturated rings. The molecular weight excluding hydrogens is 248 g/mol. The van der Waals surface area contributed by atoms with E-state index in [0.29, 0.717) is 17.9 Å². The van der Waals surface area contributed by atoms with Gasteiger partial charge in [-0.15, -0.1) is 0 Å². The van der Waals surface area contributed by atoms with Gasteiger partial charge in [0.1, 0.15) is 0 Å². The largest absolute Gasteiger partial charge is 0.350 e. The first-order valence-electron chi connectivity index (χ1n) is 6.80. The van der Waals surface area contributed by atoms with E-state index in [2.05, 4.69) is 5.32 Å². The van der Waals surface area contributed by atoms with Crippen molar-refractivity contribution in [2.45, 2.75) is 45.1 Å². The first kappa shape index (κ1) is 14.0. The van der Waals surface area contributed by atoms with Crippen molar-refractivity contribution in [3.8, 4) is 0 Å². The molecule has 0 heterocycles. The lowest BCUT2D eigenvalue weighted by atomic mass is 10.0. The summed E-state index contributed by atoms with van der Waals surface area (Å²) in [6.45, 7) is 1.78. The first-order valence-corrected chi connectivity index (χ1v) is 6.80. The number of benzene rings is 1. The predicted molar refractivity (Wildman–Crippen MR) is 69.5 cm³/mol. The van der Waals surface area contributed by atoms with E-state index in [4.69, 9.17) is 0 Å². The van der Waals surface area contributed by atoms with Gasteiger partial charge >= 0.3 is 0 Å². The molecule has 0 radical (unpaired) electrons. The van der Waals surface area contributed by atoms with E-state index in [-0.39, 0.29) is 11.9 Å². The molecule has 4 heteroatoms. The number of rotatable bonds is 4. The minimum absolute atomic E-state index is 0.0101. The van der Waals surface area contributed by atoms with E-state index < -0.39 is 11.6 Å². The van der Waals surface area contributed by atoms with E-state index in [9.17, 15) is 13.6 Å². The molecule has 0 aromatic heterocycles. The Morgan fingerprint density at radius 3 is 2.63 bits per heavy atom. The van der Waals surface area contributed by atoms with Crippen molar-refractivity contribution in [2.24, 2.45) is 5.92 Å². The standard InChI is InChI=1S/C15H19F2NO/c1-10(12-6-7-13(16)14(17)9-12)18-15(19)8-11-4-2-3-5-11/h6-7,9-11H,2-5,8H2,1H3,(H,18,19). The Balaban J connectivity index is 1.90. The summed E-state index contributed by atoms with van der Waals surface area (Å²) in [5.41, 5.74) is 0.582. The number of amides is 1. The van der Waals surface area contributed by atoms with Gasteiger partial charge in [0.25, 0.3) is 0 Å². The molecule has 19 heavy (non-hydrogen) atoms. The third kappa shape index (κ3) is 3.75. The molecule has 1 aliphatic rings. The van der Waals surface area contributed by atoms with Gasteiger partial charge in [-0.3, -0.25) is 4.79 Å². The zero-order chi connectivity index (χ0) is 13.8. The maximum Gasteiger partial charge on any atom is 0.220 e. The minimum Gasteiger partial charge on any atom is -0.350 e. The number of carbonyl (C=O) groups is 1. The van der Waals surface area contributed by atoms with Crippen molar-refractivity contribution in [1.82, 2.24) is 5.32 Å². The van der Waals surface area contributed by atoms with Crippen LogP contribution < -0.4 is 5.32 Å². The summed E-state index contributed by atoms with van der Waals surface area (Å²) >= 11 is 0. The highest BCUT2D eigenvalue weighted by Crippen LogP contribution is 2.27. The van der Waals surface area contributed by atoms with E-state index in [0.717, 1.165) is 25.0 Å². The number of hydrogen-bond acceptors (Lipinski definition) is 1. The second-order valence-corrected chi connectivity index (χ2v) is 5.32. The van der Waals surface area contributed by atoms with Crippen molar-refractivity contribution in [1.29, 1.82) is 0 Å². The molecule has 1 unspecified atom stereocenters. The molecule has 1 amide bonds. The van der Waals surface area contributed by atoms with Crippen LogP contribution in [0.5, 0.6) is 0 Å². The number of hydrogen-bond donors (Lipinski definition) is 1. The zero-order valence-corrected chi connectivity index (χ0v) is 11.1. The SMILES string of the molecule is CC(NC(=O)CC1CCCC1)c1ccc(F)c(F)c1. The smallest absolute Gasteiger partial charge is 0.220 e. The van der Waals surface area contributed by atoms with E-state index in [1.54, 1.807) is 6.92 Å². The first-order chi connectivity index (χ1) is 9.06. The second-order valence-electron chi connectivity index (χ2n) is 5.32. The average molecular weight is 267 g/mol. The fourth-order valence-electron chi connectivity index (χ4n) is 2.64. The number of carbonyl (C=O) groups excluding carboxylic acids is 1. The molecular formula is C15H19F2NO. The summed E-state index contributed by atoms with van der Waals surface area (Å²) < 4.78 is 25.9. The van der Waals surface area contributed by atoms with E-state index in [1.807, 2.05) is 0 Å². The molecule has 1 aliphatic carbocycles. The summed E-state index contributed by atoms with van der Waals surface area (Å²) in [7, 11) is 0. The molecule has 0 bridgehead atoms. The van der Waals surface area contributed by atoms with Gasteiger partial charge in [-0.25, -0.2) is 8.78 Å². The zero-order valence-electron chi connectivity index (χ0n) is 11.1. The Morgan fingerprint density at radius 2 is 2.00 bits per heavy atom. The van der Waals surface area contributed by atoms with Gasteiger partial charge in [-0.2, -0.15) is 0 Å². The summed E-state index contributed by atoms with van der Waals surface area (Å²) in [5.74, 6) is -1.27. The van der Waals surface area contributed by atoms with E-state index >= 15 is 0 Å². The highest BCUT2D eigenvalue weighted by molar-refractivity contribution is 5.76. The van der Waals surface area contributed by atoms with Crippen LogP contribution in [0, 0.1) is 17.6 Å². The van der Waals surface area contributed by atoms with Gasteiger partial charge in [-0.05, 0) is 43.4 Å².